The SMILES string of the molecule is CC(C)(C)NS(=O)(=O)c1ccccc1CNC(=O)CNCC1CC1. The van der Waals surface area contributed by atoms with Gasteiger partial charge in [-0.25, -0.2) is 13.1 Å². The third-order valence-electron chi connectivity index (χ3n) is 3.59. The average Bonchev–Trinajstić information content (AvgIpc) is 3.27. The van der Waals surface area contributed by atoms with Crippen LogP contribution in [0.25, 0.3) is 0 Å². The lowest BCUT2D eigenvalue weighted by atomic mass is 10.1. The number of hydrogen-bond acceptors (Lipinski definition) is 4. The molecule has 1 fully saturated rings. The number of hydrogen-bond donors (Lipinski definition) is 3. The van der Waals surface area contributed by atoms with Crippen LogP contribution in [0.2, 0.25) is 0 Å². The van der Waals surface area contributed by atoms with Crippen LogP contribution in [-0.4, -0.2) is 33.0 Å². The van der Waals surface area contributed by atoms with Gasteiger partial charge in [-0.05, 0) is 57.7 Å². The Balaban J connectivity index is 1.96. The van der Waals surface area contributed by atoms with Gasteiger partial charge in [-0.3, -0.25) is 4.79 Å². The van der Waals surface area contributed by atoms with Gasteiger partial charge in [-0.2, -0.15) is 0 Å². The van der Waals surface area contributed by atoms with Crippen LogP contribution in [0, 0.1) is 5.92 Å². The van der Waals surface area contributed by atoms with E-state index in [0.717, 1.165) is 6.54 Å². The summed E-state index contributed by atoms with van der Waals surface area (Å²) in [6.45, 7) is 6.69. The molecule has 0 spiro atoms. The molecule has 0 aliphatic heterocycles. The molecule has 0 saturated heterocycles. The van der Waals surface area contributed by atoms with Gasteiger partial charge in [0.25, 0.3) is 0 Å². The Kier molecular flexibility index (Phi) is 6.01. The Morgan fingerprint density at radius 2 is 1.88 bits per heavy atom. The molecule has 7 heteroatoms. The molecule has 0 unspecified atom stereocenters. The van der Waals surface area contributed by atoms with E-state index in [4.69, 9.17) is 0 Å². The van der Waals surface area contributed by atoms with Gasteiger partial charge in [0.2, 0.25) is 15.9 Å². The van der Waals surface area contributed by atoms with Crippen LogP contribution in [0.3, 0.4) is 0 Å². The minimum atomic E-state index is -3.63. The van der Waals surface area contributed by atoms with Crippen molar-refractivity contribution in [3.05, 3.63) is 29.8 Å². The first-order chi connectivity index (χ1) is 11.2. The third-order valence-corrected chi connectivity index (χ3v) is 5.45. The number of benzene rings is 1. The molecule has 1 saturated carbocycles. The van der Waals surface area contributed by atoms with Gasteiger partial charge >= 0.3 is 0 Å². The predicted octanol–water partition coefficient (Wildman–Crippen LogP) is 1.38. The van der Waals surface area contributed by atoms with Gasteiger partial charge in [0.1, 0.15) is 0 Å². The molecule has 1 aromatic rings. The van der Waals surface area contributed by atoms with Crippen LogP contribution < -0.4 is 15.4 Å². The first-order valence-corrected chi connectivity index (χ1v) is 9.75. The minimum Gasteiger partial charge on any atom is -0.351 e. The van der Waals surface area contributed by atoms with Crippen molar-refractivity contribution in [1.29, 1.82) is 0 Å². The fourth-order valence-electron chi connectivity index (χ4n) is 2.34. The molecule has 1 amide bonds. The van der Waals surface area contributed by atoms with Gasteiger partial charge in [0.05, 0.1) is 11.4 Å². The molecule has 0 radical (unpaired) electrons. The van der Waals surface area contributed by atoms with E-state index in [2.05, 4.69) is 15.4 Å². The smallest absolute Gasteiger partial charge is 0.241 e. The number of carbonyl (C=O) groups excluding carboxylic acids is 1. The molecular weight excluding hydrogens is 326 g/mol. The van der Waals surface area contributed by atoms with E-state index in [-0.39, 0.29) is 23.9 Å². The Labute approximate surface area is 144 Å². The Morgan fingerprint density at radius 3 is 2.50 bits per heavy atom. The number of rotatable bonds is 8. The quantitative estimate of drug-likeness (QED) is 0.659. The molecule has 3 N–H and O–H groups in total. The van der Waals surface area contributed by atoms with Crippen molar-refractivity contribution < 1.29 is 13.2 Å². The number of sulfonamides is 1. The van der Waals surface area contributed by atoms with E-state index >= 15 is 0 Å². The molecule has 0 bridgehead atoms. The average molecular weight is 353 g/mol. The zero-order valence-electron chi connectivity index (χ0n) is 14.6. The standard InChI is InChI=1S/C17H27N3O3S/c1-17(2,3)20-24(22,23)15-7-5-4-6-14(15)11-19-16(21)12-18-10-13-8-9-13/h4-7,13,18,20H,8-12H2,1-3H3,(H,19,21). The summed E-state index contributed by atoms with van der Waals surface area (Å²) in [6.07, 6.45) is 2.47. The second-order valence-electron chi connectivity index (χ2n) is 7.31. The number of nitrogens with one attached hydrogen (secondary N) is 3. The second kappa shape index (κ2) is 7.63. The van der Waals surface area contributed by atoms with Crippen LogP contribution in [-0.2, 0) is 21.4 Å². The molecule has 1 aliphatic rings. The van der Waals surface area contributed by atoms with E-state index < -0.39 is 15.6 Å². The van der Waals surface area contributed by atoms with E-state index in [9.17, 15) is 13.2 Å². The summed E-state index contributed by atoms with van der Waals surface area (Å²) in [5, 5.41) is 5.89. The highest BCUT2D eigenvalue weighted by molar-refractivity contribution is 7.89. The summed E-state index contributed by atoms with van der Waals surface area (Å²) in [5.74, 6) is 0.582. The summed E-state index contributed by atoms with van der Waals surface area (Å²) in [6, 6.07) is 6.72. The van der Waals surface area contributed by atoms with Crippen molar-refractivity contribution in [2.24, 2.45) is 5.92 Å². The van der Waals surface area contributed by atoms with Crippen molar-refractivity contribution in [3.8, 4) is 0 Å². The monoisotopic (exact) mass is 353 g/mol. The van der Waals surface area contributed by atoms with Crippen LogP contribution in [0.15, 0.2) is 29.2 Å². The van der Waals surface area contributed by atoms with E-state index in [1.165, 1.54) is 12.8 Å². The Hall–Kier alpha value is -1.44. The first-order valence-electron chi connectivity index (χ1n) is 8.27. The van der Waals surface area contributed by atoms with Crippen molar-refractivity contribution in [2.45, 2.75) is 50.6 Å². The molecule has 0 aromatic heterocycles. The largest absolute Gasteiger partial charge is 0.351 e. The highest BCUT2D eigenvalue weighted by Crippen LogP contribution is 2.27. The van der Waals surface area contributed by atoms with E-state index in [1.807, 2.05) is 0 Å². The molecule has 134 valence electrons. The normalized spacial score (nSPS) is 15.3. The van der Waals surface area contributed by atoms with Crippen LogP contribution in [0.5, 0.6) is 0 Å². The molecule has 6 nitrogen and oxygen atoms in total. The maximum atomic E-state index is 12.5. The molecule has 0 heterocycles. The highest BCUT2D eigenvalue weighted by atomic mass is 32.2. The minimum absolute atomic E-state index is 0.133. The highest BCUT2D eigenvalue weighted by Gasteiger charge is 2.24. The van der Waals surface area contributed by atoms with Gasteiger partial charge in [0.15, 0.2) is 0 Å². The Bertz CT molecular complexity index is 677. The summed E-state index contributed by atoms with van der Waals surface area (Å²) < 4.78 is 27.7. The number of amides is 1. The third kappa shape index (κ3) is 6.22. The second-order valence-corrected chi connectivity index (χ2v) is 8.97. The van der Waals surface area contributed by atoms with Crippen molar-refractivity contribution in [3.63, 3.8) is 0 Å². The molecule has 24 heavy (non-hydrogen) atoms. The summed E-state index contributed by atoms with van der Waals surface area (Å²) in [5.41, 5.74) is 0.00635. The number of carbonyl (C=O) groups is 1. The molecule has 1 aliphatic carbocycles. The molecule has 0 atom stereocenters. The van der Waals surface area contributed by atoms with E-state index in [0.29, 0.717) is 11.5 Å². The maximum absolute atomic E-state index is 12.5. The molecule has 1 aromatic carbocycles. The Morgan fingerprint density at radius 1 is 1.21 bits per heavy atom. The zero-order valence-corrected chi connectivity index (χ0v) is 15.4. The van der Waals surface area contributed by atoms with Gasteiger partial charge < -0.3 is 10.6 Å². The van der Waals surface area contributed by atoms with Gasteiger partial charge in [-0.15, -0.1) is 0 Å². The van der Waals surface area contributed by atoms with Crippen LogP contribution in [0.4, 0.5) is 0 Å². The first kappa shape index (κ1) is 18.9. The predicted molar refractivity (Wildman–Crippen MR) is 94.0 cm³/mol. The summed E-state index contributed by atoms with van der Waals surface area (Å²) in [7, 11) is -3.63. The molecular formula is C17H27N3O3S. The summed E-state index contributed by atoms with van der Waals surface area (Å²) in [4.78, 5) is 12.1. The fourth-order valence-corrected chi connectivity index (χ4v) is 4.00. The van der Waals surface area contributed by atoms with Crippen molar-refractivity contribution in [2.75, 3.05) is 13.1 Å². The summed E-state index contributed by atoms with van der Waals surface area (Å²) >= 11 is 0. The van der Waals surface area contributed by atoms with Crippen LogP contribution in [0.1, 0.15) is 39.2 Å². The van der Waals surface area contributed by atoms with Gasteiger partial charge in [0, 0.05) is 12.1 Å². The van der Waals surface area contributed by atoms with Crippen LogP contribution >= 0.6 is 0 Å². The molecule has 2 rings (SSSR count). The topological polar surface area (TPSA) is 87.3 Å². The van der Waals surface area contributed by atoms with Crippen molar-refractivity contribution >= 4 is 15.9 Å². The lowest BCUT2D eigenvalue weighted by molar-refractivity contribution is -0.120. The zero-order chi connectivity index (χ0) is 17.8. The maximum Gasteiger partial charge on any atom is 0.241 e. The van der Waals surface area contributed by atoms with Crippen molar-refractivity contribution in [1.82, 2.24) is 15.4 Å². The lowest BCUT2D eigenvalue weighted by Crippen LogP contribution is -2.41. The lowest BCUT2D eigenvalue weighted by Gasteiger charge is -2.21. The fraction of sp³-hybridized carbons (Fsp3) is 0.588. The van der Waals surface area contributed by atoms with Gasteiger partial charge in [-0.1, -0.05) is 18.2 Å². The van der Waals surface area contributed by atoms with E-state index in [1.54, 1.807) is 45.0 Å².